The molecule has 1 atom stereocenters. The van der Waals surface area contributed by atoms with Gasteiger partial charge < -0.3 is 0 Å². The third-order valence-corrected chi connectivity index (χ3v) is 7.20. The van der Waals surface area contributed by atoms with Gasteiger partial charge in [0.1, 0.15) is 0 Å². The van der Waals surface area contributed by atoms with Crippen LogP contribution in [0.3, 0.4) is 0 Å². The van der Waals surface area contributed by atoms with Crippen LogP contribution in [0.1, 0.15) is 20.8 Å². The van der Waals surface area contributed by atoms with Crippen molar-refractivity contribution in [1.82, 2.24) is 0 Å². The number of rotatable bonds is 0. The molecule has 0 N–H and O–H groups in total. The SMILES string of the molecule is CC1=C(C)C(C)[C]([Na])=C1[SiH3]. The molecule has 0 heterocycles. The molecule has 0 bridgehead atoms. The van der Waals surface area contributed by atoms with Crippen LogP contribution in [0.5, 0.6) is 0 Å². The summed E-state index contributed by atoms with van der Waals surface area (Å²) in [4.78, 5) is 0. The fourth-order valence-corrected chi connectivity index (χ4v) is 3.20. The van der Waals surface area contributed by atoms with Gasteiger partial charge in [-0.15, -0.1) is 0 Å². The molecule has 0 fully saturated rings. The van der Waals surface area contributed by atoms with Crippen LogP contribution in [0.4, 0.5) is 0 Å². The van der Waals surface area contributed by atoms with Gasteiger partial charge in [0.25, 0.3) is 0 Å². The van der Waals surface area contributed by atoms with E-state index in [0.29, 0.717) is 0 Å². The number of hydrogen-bond donors (Lipinski definition) is 0. The van der Waals surface area contributed by atoms with Gasteiger partial charge in [-0.1, -0.05) is 0 Å². The van der Waals surface area contributed by atoms with Gasteiger partial charge in [-0.25, -0.2) is 0 Å². The van der Waals surface area contributed by atoms with Gasteiger partial charge in [0.2, 0.25) is 0 Å². The Bertz CT molecular complexity index is 201. The Hall–Kier alpha value is 0.697. The topological polar surface area (TPSA) is 0 Å². The Morgan fingerprint density at radius 3 is 2.00 bits per heavy atom. The number of hydrogen-bond acceptors (Lipinski definition) is 0. The second kappa shape index (κ2) is 2.98. The fraction of sp³-hybridized carbons (Fsp3) is 0.500. The van der Waals surface area contributed by atoms with E-state index in [1.807, 2.05) is 0 Å². The molecule has 0 aromatic rings. The second-order valence-corrected chi connectivity index (χ2v) is 5.42. The molecular weight excluding hydrogens is 147 g/mol. The molecule has 0 amide bonds. The van der Waals surface area contributed by atoms with Gasteiger partial charge in [0.05, 0.1) is 0 Å². The molecule has 1 rings (SSSR count). The van der Waals surface area contributed by atoms with Crippen LogP contribution >= 0.6 is 0 Å². The summed E-state index contributed by atoms with van der Waals surface area (Å²) in [5.74, 6) is 0.791. The summed E-state index contributed by atoms with van der Waals surface area (Å²) < 4.78 is 1.75. The minimum atomic E-state index is 0.791. The first kappa shape index (κ1) is 8.79. The molecule has 10 heavy (non-hydrogen) atoms. The monoisotopic (exact) mass is 160 g/mol. The summed E-state index contributed by atoms with van der Waals surface area (Å²) in [5, 5.41) is 1.71. The van der Waals surface area contributed by atoms with E-state index >= 15 is 0 Å². The van der Waals surface area contributed by atoms with Gasteiger partial charge >= 0.3 is 84.0 Å². The third-order valence-electron chi connectivity index (χ3n) is 3.04. The zero-order valence-electron chi connectivity index (χ0n) is 7.58. The Balaban J connectivity index is 3.09. The van der Waals surface area contributed by atoms with E-state index in [4.69, 9.17) is 0 Å². The summed E-state index contributed by atoms with van der Waals surface area (Å²) in [6.45, 7) is 6.90. The summed E-state index contributed by atoms with van der Waals surface area (Å²) in [6, 6.07) is 0. The molecule has 0 saturated heterocycles. The van der Waals surface area contributed by atoms with Crippen molar-refractivity contribution < 1.29 is 0 Å². The van der Waals surface area contributed by atoms with Crippen molar-refractivity contribution in [3.8, 4) is 0 Å². The Morgan fingerprint density at radius 1 is 1.40 bits per heavy atom. The normalized spacial score (nSPS) is 27.1. The van der Waals surface area contributed by atoms with Gasteiger partial charge in [0, 0.05) is 0 Å². The molecule has 1 aliphatic rings. The molecule has 0 nitrogen and oxygen atoms in total. The molecule has 0 radical (unpaired) electrons. The van der Waals surface area contributed by atoms with E-state index < -0.39 is 0 Å². The van der Waals surface area contributed by atoms with Crippen molar-refractivity contribution >= 4 is 38.2 Å². The van der Waals surface area contributed by atoms with Crippen LogP contribution in [-0.2, 0) is 0 Å². The number of allylic oxidation sites excluding steroid dienone is 4. The van der Waals surface area contributed by atoms with Gasteiger partial charge in [-0.3, -0.25) is 0 Å². The third kappa shape index (κ3) is 1.20. The van der Waals surface area contributed by atoms with Crippen molar-refractivity contribution in [3.05, 3.63) is 19.2 Å². The van der Waals surface area contributed by atoms with Crippen LogP contribution in [0.15, 0.2) is 19.2 Å². The van der Waals surface area contributed by atoms with E-state index in [9.17, 15) is 0 Å². The predicted molar refractivity (Wildman–Crippen MR) is 50.3 cm³/mol. The van der Waals surface area contributed by atoms with Gasteiger partial charge in [-0.2, -0.15) is 0 Å². The van der Waals surface area contributed by atoms with Crippen LogP contribution in [0.2, 0.25) is 0 Å². The Labute approximate surface area is 83.6 Å². The zero-order valence-corrected chi connectivity index (χ0v) is 11.6. The first-order valence-electron chi connectivity index (χ1n) is 3.90. The predicted octanol–water partition coefficient (Wildman–Crippen LogP) is 0.718. The van der Waals surface area contributed by atoms with Crippen molar-refractivity contribution in [2.75, 3.05) is 0 Å². The summed E-state index contributed by atoms with van der Waals surface area (Å²) >= 11 is 1.27. The van der Waals surface area contributed by atoms with Crippen LogP contribution in [0.25, 0.3) is 0 Å². The molecule has 2 heteroatoms. The average Bonchev–Trinajstić information content (AvgIpc) is 2.07. The van der Waals surface area contributed by atoms with Crippen molar-refractivity contribution in [2.45, 2.75) is 20.8 Å². The van der Waals surface area contributed by atoms with E-state index in [0.717, 1.165) is 5.92 Å². The van der Waals surface area contributed by atoms with Crippen LogP contribution in [0, 0.1) is 5.92 Å². The average molecular weight is 160 g/mol. The minimum absolute atomic E-state index is 0.791. The van der Waals surface area contributed by atoms with E-state index in [-0.39, 0.29) is 0 Å². The first-order valence-corrected chi connectivity index (χ1v) is 5.90. The van der Waals surface area contributed by atoms with Crippen molar-refractivity contribution in [2.24, 2.45) is 5.92 Å². The fourth-order valence-electron chi connectivity index (χ4n) is 1.57. The first-order chi connectivity index (χ1) is 4.55. The maximum atomic E-state index is 2.34. The zero-order chi connectivity index (χ0) is 7.89. The molecular formula is C8H13NaSi. The quantitative estimate of drug-likeness (QED) is 0.458. The van der Waals surface area contributed by atoms with Crippen molar-refractivity contribution in [1.29, 1.82) is 0 Å². The van der Waals surface area contributed by atoms with Gasteiger partial charge in [-0.05, 0) is 0 Å². The molecule has 0 aliphatic heterocycles. The molecule has 1 unspecified atom stereocenters. The molecule has 0 spiro atoms. The van der Waals surface area contributed by atoms with E-state index in [1.54, 1.807) is 19.2 Å². The Morgan fingerprint density at radius 2 is 1.90 bits per heavy atom. The van der Waals surface area contributed by atoms with Crippen LogP contribution in [-0.4, -0.2) is 38.2 Å². The molecule has 0 aromatic carbocycles. The van der Waals surface area contributed by atoms with Gasteiger partial charge in [0.15, 0.2) is 0 Å². The standard InChI is InChI=1S/C8H13Si.Na/c1-5-4-8(9)7(3)6(5)2;/h5H,1-3,9H3;. The summed E-state index contributed by atoms with van der Waals surface area (Å²) in [6.07, 6.45) is 0. The summed E-state index contributed by atoms with van der Waals surface area (Å²) in [5.41, 5.74) is 3.22. The molecule has 1 aliphatic carbocycles. The second-order valence-electron chi connectivity index (χ2n) is 3.34. The van der Waals surface area contributed by atoms with Crippen molar-refractivity contribution in [3.63, 3.8) is 0 Å². The maximum absolute atomic E-state index is 2.34. The molecule has 0 saturated carbocycles. The molecule has 0 aromatic heterocycles. The summed E-state index contributed by atoms with van der Waals surface area (Å²) in [7, 11) is 1.25. The van der Waals surface area contributed by atoms with Crippen LogP contribution < -0.4 is 0 Å². The van der Waals surface area contributed by atoms with E-state index in [2.05, 4.69) is 20.8 Å². The Kier molecular flexibility index (Phi) is 2.62. The molecule has 50 valence electrons. The van der Waals surface area contributed by atoms with E-state index in [1.165, 1.54) is 38.2 Å².